The summed E-state index contributed by atoms with van der Waals surface area (Å²) in [6.07, 6.45) is 0. The third-order valence-corrected chi connectivity index (χ3v) is 4.68. The lowest BCUT2D eigenvalue weighted by Gasteiger charge is -2.06. The Bertz CT molecular complexity index is 1220. The number of aromatic nitrogens is 3. The molecule has 148 valence electrons. The summed E-state index contributed by atoms with van der Waals surface area (Å²) in [5.74, 6) is 0.0465. The number of benzene rings is 3. The number of nitrogens with one attached hydrogen (secondary N) is 1. The molecule has 1 amide bonds. The average molecular weight is 417 g/mol. The van der Waals surface area contributed by atoms with Crippen LogP contribution in [-0.4, -0.2) is 26.5 Å². The van der Waals surface area contributed by atoms with Crippen LogP contribution >= 0.6 is 11.6 Å². The van der Waals surface area contributed by atoms with Crippen LogP contribution < -0.4 is 5.32 Å². The minimum atomic E-state index is -0.455. The number of Topliss-reactive ketones (excluding diaryl/α,β-unsaturated/α-hetero) is 1. The van der Waals surface area contributed by atoms with Gasteiger partial charge in [-0.15, -0.1) is 5.10 Å². The van der Waals surface area contributed by atoms with Crippen LogP contribution in [0.3, 0.4) is 0 Å². The van der Waals surface area contributed by atoms with E-state index in [-0.39, 0.29) is 11.6 Å². The van der Waals surface area contributed by atoms with Crippen molar-refractivity contribution in [3.8, 4) is 17.1 Å². The fourth-order valence-corrected chi connectivity index (χ4v) is 3.13. The minimum Gasteiger partial charge on any atom is -0.319 e. The van der Waals surface area contributed by atoms with Crippen LogP contribution in [-0.2, 0) is 0 Å². The van der Waals surface area contributed by atoms with Gasteiger partial charge in [0.15, 0.2) is 11.6 Å². The van der Waals surface area contributed by atoms with Gasteiger partial charge in [0.1, 0.15) is 0 Å². The van der Waals surface area contributed by atoms with Gasteiger partial charge < -0.3 is 5.32 Å². The second-order valence-electron chi connectivity index (χ2n) is 6.60. The molecule has 30 heavy (non-hydrogen) atoms. The summed E-state index contributed by atoms with van der Waals surface area (Å²) in [5.41, 5.74) is 2.63. The van der Waals surface area contributed by atoms with Crippen molar-refractivity contribution < 1.29 is 9.59 Å². The van der Waals surface area contributed by atoms with Crippen LogP contribution in [0, 0.1) is 0 Å². The minimum absolute atomic E-state index is 0.0180. The third-order valence-electron chi connectivity index (χ3n) is 4.44. The average Bonchev–Trinajstić information content (AvgIpc) is 3.20. The van der Waals surface area contributed by atoms with E-state index in [4.69, 9.17) is 11.6 Å². The number of halogens is 1. The zero-order valence-electron chi connectivity index (χ0n) is 16.0. The van der Waals surface area contributed by atoms with Crippen molar-refractivity contribution in [2.24, 2.45) is 0 Å². The number of ketones is 1. The summed E-state index contributed by atoms with van der Waals surface area (Å²) in [7, 11) is 0. The molecule has 0 unspecified atom stereocenters. The number of amides is 1. The molecule has 0 bridgehead atoms. The number of anilines is 1. The number of hydrogen-bond donors (Lipinski definition) is 1. The van der Waals surface area contributed by atoms with Gasteiger partial charge in [-0.05, 0) is 49.4 Å². The molecular weight excluding hydrogens is 400 g/mol. The molecule has 0 aliphatic heterocycles. The van der Waals surface area contributed by atoms with Gasteiger partial charge in [-0.1, -0.05) is 48.0 Å². The van der Waals surface area contributed by atoms with Crippen LogP contribution in [0.25, 0.3) is 17.1 Å². The van der Waals surface area contributed by atoms with E-state index in [2.05, 4.69) is 15.4 Å². The standard InChI is InChI=1S/C23H17ClN4O2/c1-15(29)16-10-12-19(13-11-16)25-23(30)21-26-22(17-6-3-2-4-7-17)28(27-21)20-9-5-8-18(24)14-20/h2-14H,1H3,(H,25,30). The number of nitrogens with zero attached hydrogens (tertiary/aromatic N) is 3. The smallest absolute Gasteiger partial charge is 0.295 e. The number of hydrogen-bond acceptors (Lipinski definition) is 4. The summed E-state index contributed by atoms with van der Waals surface area (Å²) in [6, 6.07) is 23.3. The van der Waals surface area contributed by atoms with Crippen molar-refractivity contribution >= 4 is 29.0 Å². The Kier molecular flexibility index (Phi) is 5.41. The Hall–Kier alpha value is -3.77. The lowest BCUT2D eigenvalue weighted by atomic mass is 10.1. The summed E-state index contributed by atoms with van der Waals surface area (Å²) in [5, 5.41) is 7.74. The summed E-state index contributed by atoms with van der Waals surface area (Å²) in [6.45, 7) is 1.49. The molecule has 6 nitrogen and oxygen atoms in total. The first-order chi connectivity index (χ1) is 14.5. The van der Waals surface area contributed by atoms with Gasteiger partial charge in [-0.3, -0.25) is 9.59 Å². The maximum absolute atomic E-state index is 12.8. The van der Waals surface area contributed by atoms with Gasteiger partial charge in [-0.25, -0.2) is 9.67 Å². The van der Waals surface area contributed by atoms with Gasteiger partial charge in [-0.2, -0.15) is 0 Å². The van der Waals surface area contributed by atoms with E-state index >= 15 is 0 Å². The fraction of sp³-hybridized carbons (Fsp3) is 0.0435. The topological polar surface area (TPSA) is 76.9 Å². The number of carbonyl (C=O) groups excluding carboxylic acids is 2. The van der Waals surface area contributed by atoms with Crippen LogP contribution in [0.15, 0.2) is 78.9 Å². The van der Waals surface area contributed by atoms with Crippen molar-refractivity contribution in [2.75, 3.05) is 5.32 Å². The maximum Gasteiger partial charge on any atom is 0.295 e. The molecule has 7 heteroatoms. The Morgan fingerprint density at radius 3 is 2.33 bits per heavy atom. The first-order valence-electron chi connectivity index (χ1n) is 9.22. The van der Waals surface area contributed by atoms with E-state index in [1.54, 1.807) is 41.1 Å². The van der Waals surface area contributed by atoms with Gasteiger partial charge in [0.25, 0.3) is 5.91 Å². The lowest BCUT2D eigenvalue weighted by Crippen LogP contribution is -2.14. The molecule has 1 N–H and O–H groups in total. The molecule has 1 heterocycles. The van der Waals surface area contributed by atoms with Crippen molar-refractivity contribution in [3.05, 3.63) is 95.3 Å². The van der Waals surface area contributed by atoms with Crippen LogP contribution in [0.2, 0.25) is 5.02 Å². The highest BCUT2D eigenvalue weighted by atomic mass is 35.5. The van der Waals surface area contributed by atoms with Crippen LogP contribution in [0.4, 0.5) is 5.69 Å². The van der Waals surface area contributed by atoms with Crippen molar-refractivity contribution in [1.82, 2.24) is 14.8 Å². The van der Waals surface area contributed by atoms with Crippen molar-refractivity contribution in [2.45, 2.75) is 6.92 Å². The van der Waals surface area contributed by atoms with Gasteiger partial charge in [0.2, 0.25) is 5.82 Å². The predicted molar refractivity (Wildman–Crippen MR) is 116 cm³/mol. The van der Waals surface area contributed by atoms with Gasteiger partial charge in [0, 0.05) is 21.8 Å². The molecule has 0 aliphatic rings. The summed E-state index contributed by atoms with van der Waals surface area (Å²) in [4.78, 5) is 28.7. The SMILES string of the molecule is CC(=O)c1ccc(NC(=O)c2nc(-c3ccccc3)n(-c3cccc(Cl)c3)n2)cc1. The van der Waals surface area contributed by atoms with Crippen LogP contribution in [0.1, 0.15) is 27.9 Å². The molecule has 0 fully saturated rings. The maximum atomic E-state index is 12.8. The predicted octanol–water partition coefficient (Wildman–Crippen LogP) is 5.04. The van der Waals surface area contributed by atoms with E-state index in [1.165, 1.54) is 6.92 Å². The normalized spacial score (nSPS) is 10.6. The van der Waals surface area contributed by atoms with E-state index in [1.807, 2.05) is 42.5 Å². The second kappa shape index (κ2) is 8.31. The fourth-order valence-electron chi connectivity index (χ4n) is 2.95. The Balaban J connectivity index is 1.70. The molecule has 0 saturated heterocycles. The molecule has 0 atom stereocenters. The number of carbonyl (C=O) groups is 2. The second-order valence-corrected chi connectivity index (χ2v) is 7.04. The molecule has 3 aromatic carbocycles. The molecular formula is C23H17ClN4O2. The molecule has 0 aliphatic carbocycles. The van der Waals surface area contributed by atoms with Crippen molar-refractivity contribution in [1.29, 1.82) is 0 Å². The first kappa shape index (κ1) is 19.5. The summed E-state index contributed by atoms with van der Waals surface area (Å²) < 4.78 is 1.59. The van der Waals surface area contributed by atoms with Gasteiger partial charge in [0.05, 0.1) is 5.69 Å². The largest absolute Gasteiger partial charge is 0.319 e. The summed E-state index contributed by atoms with van der Waals surface area (Å²) >= 11 is 6.14. The molecule has 4 aromatic rings. The highest BCUT2D eigenvalue weighted by Crippen LogP contribution is 2.23. The monoisotopic (exact) mass is 416 g/mol. The van der Waals surface area contributed by atoms with E-state index in [0.717, 1.165) is 5.56 Å². The zero-order chi connectivity index (χ0) is 21.1. The third kappa shape index (κ3) is 4.14. The lowest BCUT2D eigenvalue weighted by molar-refractivity contribution is 0.101. The molecule has 0 radical (unpaired) electrons. The molecule has 1 aromatic heterocycles. The molecule has 0 saturated carbocycles. The Morgan fingerprint density at radius 2 is 1.67 bits per heavy atom. The van der Waals surface area contributed by atoms with E-state index in [9.17, 15) is 9.59 Å². The molecule has 4 rings (SSSR count). The first-order valence-corrected chi connectivity index (χ1v) is 9.60. The Labute approximate surface area is 178 Å². The quantitative estimate of drug-likeness (QED) is 0.462. The van der Waals surface area contributed by atoms with Gasteiger partial charge >= 0.3 is 0 Å². The van der Waals surface area contributed by atoms with Crippen molar-refractivity contribution in [3.63, 3.8) is 0 Å². The zero-order valence-corrected chi connectivity index (χ0v) is 16.8. The van der Waals surface area contributed by atoms with Crippen LogP contribution in [0.5, 0.6) is 0 Å². The highest BCUT2D eigenvalue weighted by Gasteiger charge is 2.19. The highest BCUT2D eigenvalue weighted by molar-refractivity contribution is 6.30. The number of rotatable bonds is 5. The van der Waals surface area contributed by atoms with E-state index < -0.39 is 5.91 Å². The Morgan fingerprint density at radius 1 is 0.933 bits per heavy atom. The van der Waals surface area contributed by atoms with E-state index in [0.29, 0.717) is 27.8 Å². The molecule has 0 spiro atoms.